The maximum absolute atomic E-state index is 5.84. The summed E-state index contributed by atoms with van der Waals surface area (Å²) in [5.74, 6) is 0.891. The van der Waals surface area contributed by atoms with Crippen LogP contribution in [0.2, 0.25) is 0 Å². The predicted molar refractivity (Wildman–Crippen MR) is 60.2 cm³/mol. The van der Waals surface area contributed by atoms with Crippen molar-refractivity contribution >= 4 is 0 Å². The van der Waals surface area contributed by atoms with Gasteiger partial charge >= 0.3 is 0 Å². The van der Waals surface area contributed by atoms with Crippen molar-refractivity contribution in [3.8, 4) is 0 Å². The van der Waals surface area contributed by atoms with Crippen LogP contribution in [0.5, 0.6) is 0 Å². The van der Waals surface area contributed by atoms with Crippen LogP contribution >= 0.6 is 0 Å². The number of nitrogens with one attached hydrogen (secondary N) is 1. The molecule has 0 bridgehead atoms. The summed E-state index contributed by atoms with van der Waals surface area (Å²) >= 11 is 0. The maximum atomic E-state index is 5.84. The van der Waals surface area contributed by atoms with Gasteiger partial charge in [0.15, 0.2) is 0 Å². The van der Waals surface area contributed by atoms with Gasteiger partial charge in [0.2, 0.25) is 0 Å². The van der Waals surface area contributed by atoms with Crippen molar-refractivity contribution in [2.45, 2.75) is 63.5 Å². The molecule has 2 aliphatic carbocycles. The lowest BCUT2D eigenvalue weighted by Gasteiger charge is -2.37. The van der Waals surface area contributed by atoms with Gasteiger partial charge in [-0.25, -0.2) is 0 Å². The zero-order valence-electron chi connectivity index (χ0n) is 9.17. The second-order valence-corrected chi connectivity index (χ2v) is 5.03. The van der Waals surface area contributed by atoms with Crippen molar-refractivity contribution in [1.29, 1.82) is 0 Å². The minimum absolute atomic E-state index is 0.617. The highest BCUT2D eigenvalue weighted by atomic mass is 15.0. The summed E-state index contributed by atoms with van der Waals surface area (Å²) < 4.78 is 0. The molecule has 1 atom stereocenters. The highest BCUT2D eigenvalue weighted by molar-refractivity contribution is 4.86. The van der Waals surface area contributed by atoms with E-state index in [-0.39, 0.29) is 0 Å². The average molecular weight is 196 g/mol. The fraction of sp³-hybridized carbons (Fsp3) is 1.00. The average Bonchev–Trinajstić information content (AvgIpc) is 2.15. The molecular weight excluding hydrogens is 172 g/mol. The van der Waals surface area contributed by atoms with Crippen molar-refractivity contribution in [3.05, 3.63) is 0 Å². The van der Waals surface area contributed by atoms with E-state index in [9.17, 15) is 0 Å². The third-order valence-corrected chi connectivity index (χ3v) is 4.03. The highest BCUT2D eigenvalue weighted by Gasteiger charge is 2.28. The third-order valence-electron chi connectivity index (χ3n) is 4.03. The molecule has 2 heteroatoms. The minimum Gasteiger partial charge on any atom is -0.329 e. The highest BCUT2D eigenvalue weighted by Crippen LogP contribution is 2.30. The molecule has 2 saturated carbocycles. The molecule has 0 aromatic rings. The van der Waals surface area contributed by atoms with Crippen LogP contribution in [0.3, 0.4) is 0 Å². The normalized spacial score (nSPS) is 27.2. The lowest BCUT2D eigenvalue weighted by Crippen LogP contribution is -2.49. The van der Waals surface area contributed by atoms with E-state index in [2.05, 4.69) is 5.32 Å². The molecule has 0 aliphatic heterocycles. The minimum atomic E-state index is 0.617. The van der Waals surface area contributed by atoms with E-state index in [1.165, 1.54) is 51.4 Å². The number of hydrogen-bond acceptors (Lipinski definition) is 2. The third kappa shape index (κ3) is 2.48. The molecule has 0 aromatic heterocycles. The van der Waals surface area contributed by atoms with Crippen LogP contribution in [0.4, 0.5) is 0 Å². The van der Waals surface area contributed by atoms with Gasteiger partial charge < -0.3 is 11.1 Å². The first-order chi connectivity index (χ1) is 6.90. The second kappa shape index (κ2) is 5.13. The maximum Gasteiger partial charge on any atom is 0.0221 e. The molecule has 1 unspecified atom stereocenters. The summed E-state index contributed by atoms with van der Waals surface area (Å²) in [6.45, 7) is 0.834. The van der Waals surface area contributed by atoms with Crippen LogP contribution in [-0.2, 0) is 0 Å². The Kier molecular flexibility index (Phi) is 3.82. The van der Waals surface area contributed by atoms with Gasteiger partial charge in [-0.1, -0.05) is 25.7 Å². The van der Waals surface area contributed by atoms with Crippen molar-refractivity contribution in [2.24, 2.45) is 11.7 Å². The van der Waals surface area contributed by atoms with Gasteiger partial charge in [0, 0.05) is 18.6 Å². The van der Waals surface area contributed by atoms with Crippen LogP contribution in [0.1, 0.15) is 51.4 Å². The van der Waals surface area contributed by atoms with Gasteiger partial charge in [0.05, 0.1) is 0 Å². The molecular formula is C12H24N2. The van der Waals surface area contributed by atoms with E-state index in [1.54, 1.807) is 0 Å². The molecule has 0 heterocycles. The van der Waals surface area contributed by atoms with E-state index in [4.69, 9.17) is 5.73 Å². The Hall–Kier alpha value is -0.0800. The van der Waals surface area contributed by atoms with Crippen LogP contribution in [0.15, 0.2) is 0 Å². The van der Waals surface area contributed by atoms with Gasteiger partial charge in [-0.05, 0) is 31.6 Å². The molecule has 0 aromatic carbocycles. The summed E-state index contributed by atoms with van der Waals surface area (Å²) in [5.41, 5.74) is 5.84. The Bertz CT molecular complexity index is 160. The summed E-state index contributed by atoms with van der Waals surface area (Å²) in [4.78, 5) is 0. The molecule has 82 valence electrons. The fourth-order valence-electron chi connectivity index (χ4n) is 2.81. The van der Waals surface area contributed by atoms with Crippen molar-refractivity contribution in [2.75, 3.05) is 6.54 Å². The monoisotopic (exact) mass is 196 g/mol. The molecule has 0 saturated heterocycles. The molecule has 2 nitrogen and oxygen atoms in total. The van der Waals surface area contributed by atoms with Gasteiger partial charge in [-0.15, -0.1) is 0 Å². The van der Waals surface area contributed by atoms with Gasteiger partial charge in [-0.2, -0.15) is 0 Å². The first-order valence-corrected chi connectivity index (χ1v) is 6.36. The zero-order valence-corrected chi connectivity index (χ0v) is 9.17. The molecule has 2 aliphatic rings. The molecule has 0 spiro atoms. The van der Waals surface area contributed by atoms with Gasteiger partial charge in [0.25, 0.3) is 0 Å². The summed E-state index contributed by atoms with van der Waals surface area (Å²) in [6.07, 6.45) is 11.3. The number of hydrogen-bond donors (Lipinski definition) is 2. The standard InChI is InChI=1S/C12H24N2/c13-9-12(10-5-4-6-10)14-11-7-2-1-3-8-11/h10-12,14H,1-9,13H2. The van der Waals surface area contributed by atoms with Crippen molar-refractivity contribution < 1.29 is 0 Å². The predicted octanol–water partition coefficient (Wildman–Crippen LogP) is 2.04. The Balaban J connectivity index is 1.74. The molecule has 2 fully saturated rings. The topological polar surface area (TPSA) is 38.0 Å². The summed E-state index contributed by atoms with van der Waals surface area (Å²) in [5, 5.41) is 3.78. The van der Waals surface area contributed by atoms with E-state index < -0.39 is 0 Å². The molecule has 0 radical (unpaired) electrons. The second-order valence-electron chi connectivity index (χ2n) is 5.03. The zero-order chi connectivity index (χ0) is 9.80. The van der Waals surface area contributed by atoms with E-state index in [1.807, 2.05) is 0 Å². The smallest absolute Gasteiger partial charge is 0.0221 e. The number of nitrogens with two attached hydrogens (primary N) is 1. The lowest BCUT2D eigenvalue weighted by atomic mass is 9.79. The molecule has 14 heavy (non-hydrogen) atoms. The number of rotatable bonds is 4. The first-order valence-electron chi connectivity index (χ1n) is 6.36. The first kappa shape index (κ1) is 10.4. The van der Waals surface area contributed by atoms with Crippen LogP contribution < -0.4 is 11.1 Å². The van der Waals surface area contributed by atoms with Gasteiger partial charge in [0.1, 0.15) is 0 Å². The van der Waals surface area contributed by atoms with E-state index in [0.29, 0.717) is 6.04 Å². The quantitative estimate of drug-likeness (QED) is 0.722. The Labute approximate surface area is 87.6 Å². The Morgan fingerprint density at radius 2 is 1.71 bits per heavy atom. The summed E-state index contributed by atoms with van der Waals surface area (Å²) in [7, 11) is 0. The Morgan fingerprint density at radius 3 is 2.21 bits per heavy atom. The van der Waals surface area contributed by atoms with Crippen molar-refractivity contribution in [3.63, 3.8) is 0 Å². The van der Waals surface area contributed by atoms with Crippen molar-refractivity contribution in [1.82, 2.24) is 5.32 Å². The largest absolute Gasteiger partial charge is 0.329 e. The molecule has 3 N–H and O–H groups in total. The molecule has 0 amide bonds. The van der Waals surface area contributed by atoms with Crippen LogP contribution in [0, 0.1) is 5.92 Å². The lowest BCUT2D eigenvalue weighted by molar-refractivity contribution is 0.204. The van der Waals surface area contributed by atoms with E-state index in [0.717, 1.165) is 18.5 Å². The fourth-order valence-corrected chi connectivity index (χ4v) is 2.81. The van der Waals surface area contributed by atoms with Crippen LogP contribution in [-0.4, -0.2) is 18.6 Å². The SMILES string of the molecule is NCC(NC1CCCCC1)C1CCC1. The van der Waals surface area contributed by atoms with Crippen LogP contribution in [0.25, 0.3) is 0 Å². The van der Waals surface area contributed by atoms with Gasteiger partial charge in [-0.3, -0.25) is 0 Å². The molecule has 2 rings (SSSR count). The van der Waals surface area contributed by atoms with E-state index >= 15 is 0 Å². The Morgan fingerprint density at radius 1 is 1.00 bits per heavy atom. The summed E-state index contributed by atoms with van der Waals surface area (Å²) in [6, 6.07) is 1.39.